The normalized spacial score (nSPS) is 13.5. The van der Waals surface area contributed by atoms with Gasteiger partial charge in [0.2, 0.25) is 0 Å². The van der Waals surface area contributed by atoms with E-state index in [-0.39, 0.29) is 11.3 Å². The predicted octanol–water partition coefficient (Wildman–Crippen LogP) is 6.53. The topological polar surface area (TPSA) is 47.6 Å². The van der Waals surface area contributed by atoms with Crippen molar-refractivity contribution < 1.29 is 13.6 Å². The molecule has 0 aliphatic carbocycles. The maximum atomic E-state index is 12.5. The first-order valence-corrected chi connectivity index (χ1v) is 11.6. The third-order valence-corrected chi connectivity index (χ3v) is 6.52. The van der Waals surface area contributed by atoms with E-state index < -0.39 is 7.75 Å². The van der Waals surface area contributed by atoms with Gasteiger partial charge in [-0.05, 0) is 47.4 Å². The highest BCUT2D eigenvalue weighted by Crippen LogP contribution is 2.43. The Morgan fingerprint density at radius 3 is 1.79 bits per heavy atom. The second-order valence-corrected chi connectivity index (χ2v) is 9.87. The molecule has 0 fully saturated rings. The van der Waals surface area contributed by atoms with E-state index in [0.29, 0.717) is 19.8 Å². The van der Waals surface area contributed by atoms with E-state index >= 15 is 0 Å². The summed E-state index contributed by atoms with van der Waals surface area (Å²) in [6.45, 7) is 13.6. The number of rotatable bonds is 9. The quantitative estimate of drug-likeness (QED) is 0.484. The fourth-order valence-electron chi connectivity index (χ4n) is 3.00. The van der Waals surface area contributed by atoms with Crippen molar-refractivity contribution in [3.8, 4) is 11.1 Å². The van der Waals surface area contributed by atoms with E-state index in [1.807, 2.05) is 13.8 Å². The molecule has 1 N–H and O–H groups in total. The Balaban J connectivity index is 2.04. The summed E-state index contributed by atoms with van der Waals surface area (Å²) >= 11 is 0. The summed E-state index contributed by atoms with van der Waals surface area (Å²) in [7, 11) is -3.22. The van der Waals surface area contributed by atoms with Gasteiger partial charge in [-0.2, -0.15) is 0 Å². The lowest BCUT2D eigenvalue weighted by Crippen LogP contribution is -2.20. The monoisotopic (exact) mass is 403 g/mol. The number of hydrogen-bond donors (Lipinski definition) is 1. The van der Waals surface area contributed by atoms with Crippen LogP contribution in [0.4, 0.5) is 0 Å². The Morgan fingerprint density at radius 2 is 1.36 bits per heavy atom. The van der Waals surface area contributed by atoms with Gasteiger partial charge in [0.1, 0.15) is 0 Å². The standard InChI is InChI=1S/C23H34NO3P/c1-7-26-28(25,27-8-2)24-17-18(3)19-9-11-20(12-10-19)21-13-15-22(16-14-21)23(4,5)6/h9-16,18H,7-8,17H2,1-6H3,(H,24,25). The van der Waals surface area contributed by atoms with Crippen LogP contribution in [-0.4, -0.2) is 19.8 Å². The second kappa shape index (κ2) is 9.84. The molecule has 0 aliphatic heterocycles. The van der Waals surface area contributed by atoms with Crippen molar-refractivity contribution in [2.45, 2.75) is 52.9 Å². The van der Waals surface area contributed by atoms with E-state index in [4.69, 9.17) is 9.05 Å². The van der Waals surface area contributed by atoms with Crippen LogP contribution in [0, 0.1) is 0 Å². The molecule has 2 aromatic carbocycles. The molecule has 0 saturated carbocycles. The zero-order chi connectivity index (χ0) is 20.8. The molecule has 0 amide bonds. The Labute approximate surface area is 170 Å². The van der Waals surface area contributed by atoms with E-state index in [0.717, 1.165) is 0 Å². The fourth-order valence-corrected chi connectivity index (χ4v) is 4.44. The summed E-state index contributed by atoms with van der Waals surface area (Å²) in [6.07, 6.45) is 0. The van der Waals surface area contributed by atoms with Crippen molar-refractivity contribution in [3.05, 3.63) is 59.7 Å². The maximum Gasteiger partial charge on any atom is 0.405 e. The van der Waals surface area contributed by atoms with Crippen molar-refractivity contribution in [2.75, 3.05) is 19.8 Å². The minimum Gasteiger partial charge on any atom is -0.297 e. The molecule has 4 nitrogen and oxygen atoms in total. The SMILES string of the molecule is CCOP(=O)(NCC(C)c1ccc(-c2ccc(C(C)(C)C)cc2)cc1)OCC. The molecule has 0 aliphatic rings. The number of nitrogens with one attached hydrogen (secondary N) is 1. The van der Waals surface area contributed by atoms with Crippen molar-refractivity contribution >= 4 is 7.75 Å². The molecule has 0 aromatic heterocycles. The second-order valence-electron chi connectivity index (χ2n) is 8.05. The molecule has 2 aromatic rings. The highest BCUT2D eigenvalue weighted by atomic mass is 31.2. The van der Waals surface area contributed by atoms with E-state index in [9.17, 15) is 4.57 Å². The first kappa shape index (κ1) is 22.8. The van der Waals surface area contributed by atoms with Gasteiger partial charge < -0.3 is 0 Å². The maximum absolute atomic E-state index is 12.5. The van der Waals surface area contributed by atoms with E-state index in [1.165, 1.54) is 22.3 Å². The summed E-state index contributed by atoms with van der Waals surface area (Å²) in [5.41, 5.74) is 5.08. The summed E-state index contributed by atoms with van der Waals surface area (Å²) in [4.78, 5) is 0. The lowest BCUT2D eigenvalue weighted by Gasteiger charge is -2.21. The third kappa shape index (κ3) is 6.28. The Hall–Kier alpha value is -1.45. The average molecular weight is 404 g/mol. The van der Waals surface area contributed by atoms with Gasteiger partial charge in [-0.3, -0.25) is 9.05 Å². The minimum atomic E-state index is -3.22. The molecule has 0 heterocycles. The van der Waals surface area contributed by atoms with Crippen LogP contribution >= 0.6 is 7.75 Å². The van der Waals surface area contributed by atoms with Crippen molar-refractivity contribution in [1.29, 1.82) is 0 Å². The Morgan fingerprint density at radius 1 is 0.893 bits per heavy atom. The van der Waals surface area contributed by atoms with Crippen LogP contribution in [0.5, 0.6) is 0 Å². The van der Waals surface area contributed by atoms with Crippen LogP contribution in [-0.2, 0) is 19.0 Å². The molecular weight excluding hydrogens is 369 g/mol. The van der Waals surface area contributed by atoms with Gasteiger partial charge in [-0.15, -0.1) is 0 Å². The highest BCUT2D eigenvalue weighted by molar-refractivity contribution is 7.51. The molecule has 2 rings (SSSR count). The molecule has 0 spiro atoms. The van der Waals surface area contributed by atoms with Gasteiger partial charge in [0.05, 0.1) is 13.2 Å². The average Bonchev–Trinajstić information content (AvgIpc) is 2.66. The van der Waals surface area contributed by atoms with Crippen molar-refractivity contribution in [2.24, 2.45) is 0 Å². The first-order valence-electron chi connectivity index (χ1n) is 10.0. The predicted molar refractivity (Wildman–Crippen MR) is 118 cm³/mol. The van der Waals surface area contributed by atoms with Crippen LogP contribution < -0.4 is 5.09 Å². The van der Waals surface area contributed by atoms with Gasteiger partial charge in [-0.1, -0.05) is 76.2 Å². The van der Waals surface area contributed by atoms with Gasteiger partial charge in [0, 0.05) is 6.54 Å². The molecule has 1 atom stereocenters. The third-order valence-electron chi connectivity index (χ3n) is 4.75. The van der Waals surface area contributed by atoms with Gasteiger partial charge in [0.15, 0.2) is 0 Å². The highest BCUT2D eigenvalue weighted by Gasteiger charge is 2.24. The Kier molecular flexibility index (Phi) is 8.03. The lowest BCUT2D eigenvalue weighted by atomic mass is 9.86. The largest absolute Gasteiger partial charge is 0.405 e. The first-order chi connectivity index (χ1) is 13.2. The molecule has 154 valence electrons. The Bertz CT molecular complexity index is 769. The molecule has 0 bridgehead atoms. The van der Waals surface area contributed by atoms with Crippen molar-refractivity contribution in [1.82, 2.24) is 5.09 Å². The van der Waals surface area contributed by atoms with Crippen molar-refractivity contribution in [3.63, 3.8) is 0 Å². The molecular formula is C23H34NO3P. The zero-order valence-corrected chi connectivity index (χ0v) is 18.9. The van der Waals surface area contributed by atoms with Gasteiger partial charge in [0.25, 0.3) is 0 Å². The minimum absolute atomic E-state index is 0.160. The van der Waals surface area contributed by atoms with Crippen LogP contribution in [0.15, 0.2) is 48.5 Å². The molecule has 28 heavy (non-hydrogen) atoms. The summed E-state index contributed by atoms with van der Waals surface area (Å²) in [5.74, 6) is 0.187. The summed E-state index contributed by atoms with van der Waals surface area (Å²) in [6, 6.07) is 17.3. The van der Waals surface area contributed by atoms with Crippen LogP contribution in [0.2, 0.25) is 0 Å². The van der Waals surface area contributed by atoms with Gasteiger partial charge >= 0.3 is 7.75 Å². The lowest BCUT2D eigenvalue weighted by molar-refractivity contribution is 0.210. The number of hydrogen-bond acceptors (Lipinski definition) is 3. The summed E-state index contributed by atoms with van der Waals surface area (Å²) < 4.78 is 23.1. The summed E-state index contributed by atoms with van der Waals surface area (Å²) in [5, 5.41) is 2.97. The smallest absolute Gasteiger partial charge is 0.297 e. The number of benzene rings is 2. The van der Waals surface area contributed by atoms with Crippen LogP contribution in [0.1, 0.15) is 58.6 Å². The molecule has 1 unspecified atom stereocenters. The molecule has 0 radical (unpaired) electrons. The van der Waals surface area contributed by atoms with Gasteiger partial charge in [-0.25, -0.2) is 9.65 Å². The fraction of sp³-hybridized carbons (Fsp3) is 0.478. The molecule has 5 heteroatoms. The van der Waals surface area contributed by atoms with E-state index in [1.54, 1.807) is 0 Å². The van der Waals surface area contributed by atoms with Crippen LogP contribution in [0.25, 0.3) is 11.1 Å². The van der Waals surface area contributed by atoms with E-state index in [2.05, 4.69) is 81.3 Å². The zero-order valence-electron chi connectivity index (χ0n) is 18.0. The van der Waals surface area contributed by atoms with Crippen LogP contribution in [0.3, 0.4) is 0 Å². The molecule has 0 saturated heterocycles.